The highest BCUT2D eigenvalue weighted by molar-refractivity contribution is 7.47. The van der Waals surface area contributed by atoms with Crippen LogP contribution in [-0.2, 0) is 28.0 Å². The van der Waals surface area contributed by atoms with Gasteiger partial charge in [-0.15, -0.1) is 0 Å². The number of hydrogen-bond acceptors (Lipinski definition) is 8. The molecule has 0 aliphatic carbocycles. The maximum absolute atomic E-state index is 11.8. The molecule has 0 aromatic heterocycles. The van der Waals surface area contributed by atoms with Crippen LogP contribution in [0.2, 0.25) is 0 Å². The van der Waals surface area contributed by atoms with Gasteiger partial charge in [0, 0.05) is 13.0 Å². The van der Waals surface area contributed by atoms with Gasteiger partial charge in [-0.05, 0) is 6.42 Å². The second-order valence-corrected chi connectivity index (χ2v) is 9.24. The van der Waals surface area contributed by atoms with E-state index in [2.05, 4.69) is 20.9 Å². The van der Waals surface area contributed by atoms with Gasteiger partial charge in [0.2, 0.25) is 0 Å². The molecule has 0 saturated heterocycles. The van der Waals surface area contributed by atoms with Gasteiger partial charge in [0.05, 0.1) is 13.2 Å². The molecule has 0 saturated carbocycles. The number of rotatable bonds is 23. The van der Waals surface area contributed by atoms with E-state index < -0.39 is 26.5 Å². The van der Waals surface area contributed by atoms with Gasteiger partial charge in [-0.25, -0.2) is 9.45 Å². The lowest BCUT2D eigenvalue weighted by molar-refractivity contribution is -0.290. The number of carbonyl (C=O) groups is 1. The largest absolute Gasteiger partial charge is 0.472 e. The van der Waals surface area contributed by atoms with Gasteiger partial charge in [-0.3, -0.25) is 19.1 Å². The van der Waals surface area contributed by atoms with Crippen molar-refractivity contribution in [1.82, 2.24) is 0 Å². The highest BCUT2D eigenvalue weighted by atomic mass is 31.2. The molecule has 0 rings (SSSR count). The van der Waals surface area contributed by atoms with Crippen molar-refractivity contribution in [3.8, 4) is 0 Å². The summed E-state index contributed by atoms with van der Waals surface area (Å²) in [4.78, 5) is 25.2. The molecule has 0 radical (unpaired) electrons. The van der Waals surface area contributed by atoms with E-state index in [1.165, 1.54) is 64.2 Å². The monoisotopic (exact) mass is 469 g/mol. The molecule has 0 amide bonds. The summed E-state index contributed by atoms with van der Waals surface area (Å²) >= 11 is 0. The molecule has 186 valence electrons. The number of phosphoric acid groups is 1. The number of nitrogens with two attached hydrogens (primary N) is 1. The van der Waals surface area contributed by atoms with Gasteiger partial charge < -0.3 is 15.4 Å². The van der Waals surface area contributed by atoms with Crippen LogP contribution < -0.4 is 5.73 Å². The molecule has 31 heavy (non-hydrogen) atoms. The Morgan fingerprint density at radius 3 is 1.87 bits per heavy atom. The van der Waals surface area contributed by atoms with Crippen LogP contribution in [0.5, 0.6) is 0 Å². The van der Waals surface area contributed by atoms with Crippen LogP contribution >= 0.6 is 7.82 Å². The van der Waals surface area contributed by atoms with Crippen molar-refractivity contribution in [3.05, 3.63) is 0 Å². The Hall–Kier alpha value is -0.540. The molecule has 4 N–H and O–H groups in total. The molecule has 0 bridgehead atoms. The van der Waals surface area contributed by atoms with Gasteiger partial charge in [0.15, 0.2) is 6.10 Å². The summed E-state index contributed by atoms with van der Waals surface area (Å²) in [5, 5.41) is 8.81. The van der Waals surface area contributed by atoms with Gasteiger partial charge in [0.25, 0.3) is 0 Å². The quantitative estimate of drug-likeness (QED) is 0.0623. The van der Waals surface area contributed by atoms with E-state index in [1.807, 2.05) is 0 Å². The topological polar surface area (TPSA) is 138 Å². The second kappa shape index (κ2) is 21.3. The zero-order valence-corrected chi connectivity index (χ0v) is 20.1. The zero-order chi connectivity index (χ0) is 23.2. The van der Waals surface area contributed by atoms with Crippen LogP contribution in [0.1, 0.15) is 96.8 Å². The third kappa shape index (κ3) is 21.1. The van der Waals surface area contributed by atoms with Gasteiger partial charge in [0.1, 0.15) is 6.61 Å². The van der Waals surface area contributed by atoms with E-state index in [-0.39, 0.29) is 26.2 Å². The molecule has 9 nitrogen and oxygen atoms in total. The Labute approximate surface area is 187 Å². The van der Waals surface area contributed by atoms with Crippen molar-refractivity contribution in [2.75, 3.05) is 26.4 Å². The van der Waals surface area contributed by atoms with E-state index in [9.17, 15) is 14.3 Å². The van der Waals surface area contributed by atoms with E-state index >= 15 is 0 Å². The minimum Gasteiger partial charge on any atom is -0.463 e. The van der Waals surface area contributed by atoms with Crippen molar-refractivity contribution < 1.29 is 38.2 Å². The van der Waals surface area contributed by atoms with Gasteiger partial charge in [-0.1, -0.05) is 84.0 Å². The average Bonchev–Trinajstić information content (AvgIpc) is 2.75. The third-order valence-corrected chi connectivity index (χ3v) is 5.84. The fourth-order valence-electron chi connectivity index (χ4n) is 3.04. The summed E-state index contributed by atoms with van der Waals surface area (Å²) in [6.45, 7) is 1.39. The summed E-state index contributed by atoms with van der Waals surface area (Å²) < 4.78 is 25.7. The maximum atomic E-state index is 11.8. The summed E-state index contributed by atoms with van der Waals surface area (Å²) in [7, 11) is -4.28. The zero-order valence-electron chi connectivity index (χ0n) is 19.2. The van der Waals surface area contributed by atoms with Crippen molar-refractivity contribution in [1.29, 1.82) is 0 Å². The van der Waals surface area contributed by atoms with Crippen LogP contribution in [0, 0.1) is 0 Å². The lowest BCUT2D eigenvalue weighted by Gasteiger charge is -2.16. The summed E-state index contributed by atoms with van der Waals surface area (Å²) in [5.41, 5.74) is 5.17. The molecular formula is C21H44NO8P. The molecule has 0 aromatic rings. The second-order valence-electron chi connectivity index (χ2n) is 7.79. The molecule has 0 aliphatic rings. The minimum absolute atomic E-state index is 0.0602. The lowest BCUT2D eigenvalue weighted by atomic mass is 10.0. The number of phosphoric ester groups is 1. The van der Waals surface area contributed by atoms with E-state index in [0.717, 1.165) is 19.3 Å². The first-order valence-electron chi connectivity index (χ1n) is 11.7. The molecule has 0 fully saturated rings. The van der Waals surface area contributed by atoms with Crippen LogP contribution in [0.25, 0.3) is 0 Å². The van der Waals surface area contributed by atoms with Crippen LogP contribution in [0.4, 0.5) is 0 Å². The smallest absolute Gasteiger partial charge is 0.463 e. The number of carbonyl (C=O) groups excluding carboxylic acids is 1. The molecule has 0 aromatic carbocycles. The first-order chi connectivity index (χ1) is 14.9. The highest BCUT2D eigenvalue weighted by Gasteiger charge is 2.24. The number of unbranched alkanes of at least 4 members (excludes halogenated alkanes) is 12. The van der Waals surface area contributed by atoms with E-state index in [0.29, 0.717) is 0 Å². The summed E-state index contributed by atoms with van der Waals surface area (Å²) in [6.07, 6.45) is 15.2. The van der Waals surface area contributed by atoms with Crippen molar-refractivity contribution in [2.45, 2.75) is 103 Å². The number of esters is 1. The predicted molar refractivity (Wildman–Crippen MR) is 120 cm³/mol. The summed E-state index contributed by atoms with van der Waals surface area (Å²) in [5.74, 6) is -0.406. The van der Waals surface area contributed by atoms with Crippen LogP contribution in [0.15, 0.2) is 0 Å². The van der Waals surface area contributed by atoms with Gasteiger partial charge >= 0.3 is 13.8 Å². The minimum atomic E-state index is -4.28. The van der Waals surface area contributed by atoms with Gasteiger partial charge in [-0.2, -0.15) is 0 Å². The first-order valence-corrected chi connectivity index (χ1v) is 13.2. The fourth-order valence-corrected chi connectivity index (χ4v) is 3.80. The van der Waals surface area contributed by atoms with E-state index in [1.54, 1.807) is 0 Å². The Kier molecular flexibility index (Phi) is 20.9. The van der Waals surface area contributed by atoms with Crippen LogP contribution in [-0.4, -0.2) is 48.6 Å². The predicted octanol–water partition coefficient (Wildman–Crippen LogP) is 4.96. The molecule has 0 heterocycles. The lowest BCUT2D eigenvalue weighted by Crippen LogP contribution is -2.26. The highest BCUT2D eigenvalue weighted by Crippen LogP contribution is 2.42. The van der Waals surface area contributed by atoms with Crippen molar-refractivity contribution in [2.24, 2.45) is 5.73 Å². The normalized spacial score (nSPS) is 14.3. The maximum Gasteiger partial charge on any atom is 0.472 e. The Morgan fingerprint density at radius 1 is 0.871 bits per heavy atom. The van der Waals surface area contributed by atoms with E-state index in [4.69, 9.17) is 15.7 Å². The Bertz CT molecular complexity index is 467. The average molecular weight is 470 g/mol. The molecular weight excluding hydrogens is 425 g/mol. The first kappa shape index (κ1) is 30.5. The van der Waals surface area contributed by atoms with Crippen LogP contribution in [0.3, 0.4) is 0 Å². The Morgan fingerprint density at radius 2 is 1.39 bits per heavy atom. The molecule has 0 spiro atoms. The van der Waals surface area contributed by atoms with Crippen molar-refractivity contribution in [3.63, 3.8) is 0 Å². The molecule has 10 heteroatoms. The molecule has 0 aliphatic heterocycles. The van der Waals surface area contributed by atoms with Crippen molar-refractivity contribution >= 4 is 13.8 Å². The molecule has 1 unspecified atom stereocenters. The molecule has 2 atom stereocenters. The summed E-state index contributed by atoms with van der Waals surface area (Å²) in [6, 6.07) is 0. The fraction of sp³-hybridized carbons (Fsp3) is 0.952. The Balaban J connectivity index is 3.58. The number of ether oxygens (including phenoxy) is 1. The standard InChI is InChI=1S/C21H44NO8P/c1-2-3-4-5-6-7-8-9-10-11-12-13-14-15-21(23)27-18-20(30-24)19-29-31(25,26)28-17-16-22/h20,24H,2-19,22H2,1H3,(H,25,26)/t20-/m1/s1. The number of hydrogen-bond donors (Lipinski definition) is 3. The SMILES string of the molecule is CCCCCCCCCCCCCCCC(=O)OC[C@H](COP(=O)(O)OCCN)OO. The third-order valence-electron chi connectivity index (χ3n) is 4.86.